The van der Waals surface area contributed by atoms with Crippen molar-refractivity contribution in [2.24, 2.45) is 0 Å². The minimum atomic E-state index is 0.0371. The fourth-order valence-electron chi connectivity index (χ4n) is 1.89. The summed E-state index contributed by atoms with van der Waals surface area (Å²) in [4.78, 5) is 14.0. The van der Waals surface area contributed by atoms with E-state index in [2.05, 4.69) is 19.2 Å². The molecule has 1 rings (SSSR count). The Morgan fingerprint density at radius 1 is 1.17 bits per heavy atom. The first-order valence-corrected chi connectivity index (χ1v) is 6.80. The number of carbonyl (C=O) groups excluding carboxylic acids is 1. The Bertz CT molecular complexity index is 347. The smallest absolute Gasteiger partial charge is 0.317 e. The van der Waals surface area contributed by atoms with E-state index in [1.54, 1.807) is 0 Å². The van der Waals surface area contributed by atoms with Gasteiger partial charge < -0.3 is 10.2 Å². The Hall–Kier alpha value is -1.51. The minimum Gasteiger partial charge on any atom is -0.335 e. The predicted molar refractivity (Wildman–Crippen MR) is 75.4 cm³/mol. The Morgan fingerprint density at radius 2 is 1.78 bits per heavy atom. The molecule has 0 aromatic heterocycles. The highest BCUT2D eigenvalue weighted by molar-refractivity contribution is 5.74. The van der Waals surface area contributed by atoms with Crippen molar-refractivity contribution in [3.05, 3.63) is 35.9 Å². The van der Waals surface area contributed by atoms with Gasteiger partial charge in [-0.3, -0.25) is 0 Å². The second kappa shape index (κ2) is 7.75. The lowest BCUT2D eigenvalue weighted by Crippen LogP contribution is -2.44. The Morgan fingerprint density at radius 3 is 2.28 bits per heavy atom. The zero-order valence-corrected chi connectivity index (χ0v) is 11.6. The zero-order chi connectivity index (χ0) is 13.4. The first kappa shape index (κ1) is 14.6. The number of nitrogens with zero attached hydrogens (tertiary/aromatic N) is 1. The van der Waals surface area contributed by atoms with Gasteiger partial charge in [0.05, 0.1) is 0 Å². The van der Waals surface area contributed by atoms with Gasteiger partial charge in [-0.2, -0.15) is 0 Å². The highest BCUT2D eigenvalue weighted by Gasteiger charge is 2.14. The zero-order valence-electron chi connectivity index (χ0n) is 11.6. The van der Waals surface area contributed by atoms with Crippen LogP contribution in [-0.2, 0) is 6.54 Å². The van der Waals surface area contributed by atoms with E-state index in [1.165, 1.54) is 5.56 Å². The summed E-state index contributed by atoms with van der Waals surface area (Å²) in [6.07, 6.45) is 1.95. The maximum Gasteiger partial charge on any atom is 0.317 e. The van der Waals surface area contributed by atoms with Gasteiger partial charge in [0, 0.05) is 19.1 Å². The second-order valence-electron chi connectivity index (χ2n) is 4.46. The standard InChI is InChI=1S/C15H24N2O/c1-4-14(5-2)16-15(18)17(6-3)12-13-10-8-7-9-11-13/h7-11,14H,4-6,12H2,1-3H3,(H,16,18). The largest absolute Gasteiger partial charge is 0.335 e. The lowest BCUT2D eigenvalue weighted by molar-refractivity contribution is 0.193. The van der Waals surface area contributed by atoms with Gasteiger partial charge in [-0.25, -0.2) is 4.79 Å². The maximum atomic E-state index is 12.1. The van der Waals surface area contributed by atoms with E-state index >= 15 is 0 Å². The molecule has 0 aliphatic carbocycles. The van der Waals surface area contributed by atoms with E-state index in [4.69, 9.17) is 0 Å². The lowest BCUT2D eigenvalue weighted by Gasteiger charge is -2.24. The number of carbonyl (C=O) groups is 1. The van der Waals surface area contributed by atoms with Crippen molar-refractivity contribution in [2.75, 3.05) is 6.54 Å². The van der Waals surface area contributed by atoms with Gasteiger partial charge in [0.1, 0.15) is 0 Å². The number of nitrogens with one attached hydrogen (secondary N) is 1. The van der Waals surface area contributed by atoms with Crippen molar-refractivity contribution in [2.45, 2.75) is 46.2 Å². The molecule has 0 spiro atoms. The minimum absolute atomic E-state index is 0.0371. The summed E-state index contributed by atoms with van der Waals surface area (Å²) in [5.41, 5.74) is 1.17. The Balaban J connectivity index is 2.58. The summed E-state index contributed by atoms with van der Waals surface area (Å²) in [6.45, 7) is 7.60. The molecule has 0 heterocycles. The number of urea groups is 1. The predicted octanol–water partition coefficient (Wildman–Crippen LogP) is 3.41. The highest BCUT2D eigenvalue weighted by atomic mass is 16.2. The lowest BCUT2D eigenvalue weighted by atomic mass is 10.2. The molecule has 18 heavy (non-hydrogen) atoms. The molecular formula is C15H24N2O. The number of hydrogen-bond donors (Lipinski definition) is 1. The molecule has 0 aliphatic rings. The van der Waals surface area contributed by atoms with Crippen LogP contribution < -0.4 is 5.32 Å². The van der Waals surface area contributed by atoms with E-state index in [0.717, 1.165) is 19.4 Å². The molecule has 2 amide bonds. The molecule has 0 atom stereocenters. The van der Waals surface area contributed by atoms with Crippen molar-refractivity contribution in [1.82, 2.24) is 10.2 Å². The molecule has 1 N–H and O–H groups in total. The molecule has 0 bridgehead atoms. The average molecular weight is 248 g/mol. The topological polar surface area (TPSA) is 32.3 Å². The maximum absolute atomic E-state index is 12.1. The van der Waals surface area contributed by atoms with Crippen molar-refractivity contribution < 1.29 is 4.79 Å². The van der Waals surface area contributed by atoms with Crippen LogP contribution in [0.25, 0.3) is 0 Å². The van der Waals surface area contributed by atoms with E-state index in [9.17, 15) is 4.79 Å². The van der Waals surface area contributed by atoms with E-state index < -0.39 is 0 Å². The van der Waals surface area contributed by atoms with E-state index in [0.29, 0.717) is 6.54 Å². The molecular weight excluding hydrogens is 224 g/mol. The fourth-order valence-corrected chi connectivity index (χ4v) is 1.89. The fraction of sp³-hybridized carbons (Fsp3) is 0.533. The molecule has 3 heteroatoms. The van der Waals surface area contributed by atoms with Crippen molar-refractivity contribution in [3.8, 4) is 0 Å². The van der Waals surface area contributed by atoms with Crippen molar-refractivity contribution in [1.29, 1.82) is 0 Å². The third-order valence-electron chi connectivity index (χ3n) is 3.20. The average Bonchev–Trinajstić information content (AvgIpc) is 2.43. The van der Waals surface area contributed by atoms with Crippen LogP contribution in [0.2, 0.25) is 0 Å². The summed E-state index contributed by atoms with van der Waals surface area (Å²) in [5.74, 6) is 0. The van der Waals surface area contributed by atoms with Gasteiger partial charge >= 0.3 is 6.03 Å². The van der Waals surface area contributed by atoms with E-state index in [-0.39, 0.29) is 12.1 Å². The van der Waals surface area contributed by atoms with E-state index in [1.807, 2.05) is 42.2 Å². The molecule has 0 radical (unpaired) electrons. The number of rotatable bonds is 6. The monoisotopic (exact) mass is 248 g/mol. The van der Waals surface area contributed by atoms with Gasteiger partial charge in [0.2, 0.25) is 0 Å². The van der Waals surface area contributed by atoms with Gasteiger partial charge in [-0.15, -0.1) is 0 Å². The third-order valence-corrected chi connectivity index (χ3v) is 3.20. The van der Waals surface area contributed by atoms with Crippen LogP contribution in [0.1, 0.15) is 39.2 Å². The molecule has 3 nitrogen and oxygen atoms in total. The van der Waals surface area contributed by atoms with Crippen LogP contribution in [0.15, 0.2) is 30.3 Å². The molecule has 100 valence electrons. The molecule has 1 aromatic rings. The molecule has 1 aromatic carbocycles. The normalized spacial score (nSPS) is 10.4. The first-order chi connectivity index (χ1) is 8.71. The number of benzene rings is 1. The highest BCUT2D eigenvalue weighted by Crippen LogP contribution is 2.05. The Kier molecular flexibility index (Phi) is 6.26. The summed E-state index contributed by atoms with van der Waals surface area (Å²) >= 11 is 0. The SMILES string of the molecule is CCC(CC)NC(=O)N(CC)Cc1ccccc1. The number of amides is 2. The number of hydrogen-bond acceptors (Lipinski definition) is 1. The molecule has 0 fully saturated rings. The van der Waals surface area contributed by atoms with Crippen LogP contribution in [0.5, 0.6) is 0 Å². The molecule has 0 saturated heterocycles. The van der Waals surface area contributed by atoms with Gasteiger partial charge in [-0.1, -0.05) is 44.2 Å². The molecule has 0 saturated carbocycles. The van der Waals surface area contributed by atoms with Crippen molar-refractivity contribution >= 4 is 6.03 Å². The van der Waals surface area contributed by atoms with Crippen LogP contribution in [0, 0.1) is 0 Å². The summed E-state index contributed by atoms with van der Waals surface area (Å²) in [5, 5.41) is 3.07. The third kappa shape index (κ3) is 4.40. The van der Waals surface area contributed by atoms with Crippen LogP contribution in [0.3, 0.4) is 0 Å². The summed E-state index contributed by atoms with van der Waals surface area (Å²) < 4.78 is 0. The summed E-state index contributed by atoms with van der Waals surface area (Å²) in [6, 6.07) is 10.4. The first-order valence-electron chi connectivity index (χ1n) is 6.80. The molecule has 0 aliphatic heterocycles. The van der Waals surface area contributed by atoms with Crippen LogP contribution in [0.4, 0.5) is 4.79 Å². The second-order valence-corrected chi connectivity index (χ2v) is 4.46. The van der Waals surface area contributed by atoms with Crippen LogP contribution in [-0.4, -0.2) is 23.5 Å². The molecule has 0 unspecified atom stereocenters. The van der Waals surface area contributed by atoms with Crippen molar-refractivity contribution in [3.63, 3.8) is 0 Å². The van der Waals surface area contributed by atoms with Crippen LogP contribution >= 0.6 is 0 Å². The van der Waals surface area contributed by atoms with Gasteiger partial charge in [0.15, 0.2) is 0 Å². The van der Waals surface area contributed by atoms with Gasteiger partial charge in [-0.05, 0) is 25.3 Å². The quantitative estimate of drug-likeness (QED) is 0.822. The Labute approximate surface area is 110 Å². The summed E-state index contributed by atoms with van der Waals surface area (Å²) in [7, 11) is 0. The van der Waals surface area contributed by atoms with Gasteiger partial charge in [0.25, 0.3) is 0 Å².